The summed E-state index contributed by atoms with van der Waals surface area (Å²) < 4.78 is 22.9. The summed E-state index contributed by atoms with van der Waals surface area (Å²) in [5.74, 6) is 1.34. The van der Waals surface area contributed by atoms with Gasteiger partial charge in [-0.15, -0.1) is 24.0 Å². The van der Waals surface area contributed by atoms with Crippen LogP contribution in [0.25, 0.3) is 0 Å². The summed E-state index contributed by atoms with van der Waals surface area (Å²) in [5, 5.41) is 6.56. The molecule has 6 nitrogen and oxygen atoms in total. The van der Waals surface area contributed by atoms with Crippen molar-refractivity contribution in [3.63, 3.8) is 0 Å². The first kappa shape index (κ1) is 22.2. The molecule has 8 heteroatoms. The molecular formula is C17H29IN4O2S. The molecule has 0 aromatic heterocycles. The molecule has 2 N–H and O–H groups in total. The highest BCUT2D eigenvalue weighted by atomic mass is 127. The molecule has 0 amide bonds. The third-order valence-corrected chi connectivity index (χ3v) is 5.61. The van der Waals surface area contributed by atoms with Gasteiger partial charge in [-0.1, -0.05) is 29.8 Å². The van der Waals surface area contributed by atoms with E-state index in [0.717, 1.165) is 25.6 Å². The molecule has 1 aliphatic rings. The number of benzene rings is 1. The molecule has 0 spiro atoms. The Balaban J connectivity index is 0.00000312. The Kier molecular flexibility index (Phi) is 9.73. The summed E-state index contributed by atoms with van der Waals surface area (Å²) in [5.41, 5.74) is 2.43. The molecule has 1 saturated heterocycles. The molecule has 142 valence electrons. The Hall–Kier alpha value is -0.870. The van der Waals surface area contributed by atoms with Gasteiger partial charge in [-0.05, 0) is 19.4 Å². The highest BCUT2D eigenvalue weighted by Crippen LogP contribution is 2.05. The van der Waals surface area contributed by atoms with Crippen LogP contribution < -0.4 is 10.6 Å². The minimum Gasteiger partial charge on any atom is -0.357 e. The summed E-state index contributed by atoms with van der Waals surface area (Å²) in [7, 11) is -2.81. The maximum atomic E-state index is 11.4. The number of guanidine groups is 1. The van der Waals surface area contributed by atoms with Gasteiger partial charge in [-0.2, -0.15) is 0 Å². The van der Waals surface area contributed by atoms with Gasteiger partial charge in [-0.25, -0.2) is 13.4 Å². The monoisotopic (exact) mass is 480 g/mol. The molecule has 1 aromatic rings. The lowest BCUT2D eigenvalue weighted by Crippen LogP contribution is -2.45. The van der Waals surface area contributed by atoms with Crippen molar-refractivity contribution in [2.75, 3.05) is 44.2 Å². The van der Waals surface area contributed by atoms with Gasteiger partial charge < -0.3 is 10.6 Å². The Bertz CT molecular complexity index is 650. The van der Waals surface area contributed by atoms with E-state index in [-0.39, 0.29) is 35.5 Å². The molecule has 25 heavy (non-hydrogen) atoms. The maximum Gasteiger partial charge on any atom is 0.191 e. The standard InChI is InChI=1S/C17H28N4O2S.HI/c1-3-18-17(20-14-16-6-4-5-15(2)13-16)19-7-8-21-9-11-24(22,23)12-10-21;/h4-6,13H,3,7-12,14H2,1-2H3,(H2,18,19,20);1H. The zero-order chi connectivity index (χ0) is 17.4. The van der Waals surface area contributed by atoms with E-state index in [1.807, 2.05) is 13.0 Å². The van der Waals surface area contributed by atoms with Crippen molar-refractivity contribution in [2.45, 2.75) is 20.4 Å². The van der Waals surface area contributed by atoms with Crippen LogP contribution >= 0.6 is 24.0 Å². The number of hydrogen-bond acceptors (Lipinski definition) is 4. The molecular weight excluding hydrogens is 451 g/mol. The average molecular weight is 480 g/mol. The van der Waals surface area contributed by atoms with Crippen LogP contribution in [0.3, 0.4) is 0 Å². The summed E-state index contributed by atoms with van der Waals surface area (Å²) in [6.07, 6.45) is 0. The third kappa shape index (κ3) is 8.37. The first-order chi connectivity index (χ1) is 11.5. The molecule has 1 aromatic carbocycles. The van der Waals surface area contributed by atoms with Crippen LogP contribution in [0.1, 0.15) is 18.1 Å². The number of aliphatic imine (C=N–C) groups is 1. The van der Waals surface area contributed by atoms with E-state index in [1.165, 1.54) is 11.1 Å². The topological polar surface area (TPSA) is 73.8 Å². The molecule has 2 rings (SSSR count). The van der Waals surface area contributed by atoms with Crippen LogP contribution in [0.2, 0.25) is 0 Å². The Morgan fingerprint density at radius 2 is 1.96 bits per heavy atom. The van der Waals surface area contributed by atoms with Crippen LogP contribution in [-0.4, -0.2) is 63.5 Å². The highest BCUT2D eigenvalue weighted by Gasteiger charge is 2.20. The molecule has 0 unspecified atom stereocenters. The molecule has 1 aliphatic heterocycles. The van der Waals surface area contributed by atoms with Crippen molar-refractivity contribution in [1.82, 2.24) is 15.5 Å². The van der Waals surface area contributed by atoms with Crippen molar-refractivity contribution in [2.24, 2.45) is 4.99 Å². The van der Waals surface area contributed by atoms with Crippen LogP contribution in [0.4, 0.5) is 0 Å². The minimum atomic E-state index is -2.81. The van der Waals surface area contributed by atoms with E-state index >= 15 is 0 Å². The second kappa shape index (κ2) is 11.0. The van der Waals surface area contributed by atoms with E-state index in [9.17, 15) is 8.42 Å². The lowest BCUT2D eigenvalue weighted by Gasteiger charge is -2.26. The first-order valence-corrected chi connectivity index (χ1v) is 10.3. The van der Waals surface area contributed by atoms with Crippen molar-refractivity contribution in [1.29, 1.82) is 0 Å². The molecule has 1 heterocycles. The quantitative estimate of drug-likeness (QED) is 0.366. The summed E-state index contributed by atoms with van der Waals surface area (Å²) >= 11 is 0. The third-order valence-electron chi connectivity index (χ3n) is 4.00. The SMILES string of the molecule is CCNC(=NCc1cccc(C)c1)NCCN1CCS(=O)(=O)CC1.I. The predicted molar refractivity (Wildman–Crippen MR) is 115 cm³/mol. The molecule has 0 radical (unpaired) electrons. The Morgan fingerprint density at radius 1 is 1.24 bits per heavy atom. The summed E-state index contributed by atoms with van der Waals surface area (Å²) in [6.45, 7) is 8.39. The lowest BCUT2D eigenvalue weighted by molar-refractivity contribution is 0.299. The maximum absolute atomic E-state index is 11.4. The fraction of sp³-hybridized carbons (Fsp3) is 0.588. The number of nitrogens with zero attached hydrogens (tertiary/aromatic N) is 2. The van der Waals surface area contributed by atoms with Crippen LogP contribution in [0.15, 0.2) is 29.3 Å². The first-order valence-electron chi connectivity index (χ1n) is 8.49. The number of rotatable bonds is 6. The van der Waals surface area contributed by atoms with Gasteiger partial charge in [-0.3, -0.25) is 4.90 Å². The van der Waals surface area contributed by atoms with Crippen LogP contribution in [0, 0.1) is 6.92 Å². The average Bonchev–Trinajstić information content (AvgIpc) is 2.54. The van der Waals surface area contributed by atoms with E-state index in [0.29, 0.717) is 19.6 Å². The zero-order valence-corrected chi connectivity index (χ0v) is 18.1. The van der Waals surface area contributed by atoms with Crippen molar-refractivity contribution >= 4 is 39.8 Å². The van der Waals surface area contributed by atoms with Crippen LogP contribution in [-0.2, 0) is 16.4 Å². The lowest BCUT2D eigenvalue weighted by atomic mass is 10.1. The zero-order valence-electron chi connectivity index (χ0n) is 15.0. The molecule has 0 aliphatic carbocycles. The van der Waals surface area contributed by atoms with Gasteiger partial charge in [0.2, 0.25) is 0 Å². The minimum absolute atomic E-state index is 0. The summed E-state index contributed by atoms with van der Waals surface area (Å²) in [4.78, 5) is 6.79. The second-order valence-electron chi connectivity index (χ2n) is 6.10. The molecule has 0 saturated carbocycles. The fourth-order valence-electron chi connectivity index (χ4n) is 2.63. The largest absolute Gasteiger partial charge is 0.357 e. The van der Waals surface area contributed by atoms with Crippen molar-refractivity contribution < 1.29 is 8.42 Å². The van der Waals surface area contributed by atoms with E-state index in [4.69, 9.17) is 0 Å². The number of halogens is 1. The second-order valence-corrected chi connectivity index (χ2v) is 8.41. The van der Waals surface area contributed by atoms with Gasteiger partial charge in [0.05, 0.1) is 18.1 Å². The molecule has 1 fully saturated rings. The number of hydrogen-bond donors (Lipinski definition) is 2. The summed E-state index contributed by atoms with van der Waals surface area (Å²) in [6, 6.07) is 8.34. The molecule has 0 bridgehead atoms. The van der Waals surface area contributed by atoms with Gasteiger partial charge in [0.1, 0.15) is 0 Å². The van der Waals surface area contributed by atoms with E-state index in [2.05, 4.69) is 45.6 Å². The van der Waals surface area contributed by atoms with E-state index < -0.39 is 9.84 Å². The molecule has 0 atom stereocenters. The van der Waals surface area contributed by atoms with Crippen molar-refractivity contribution in [3.05, 3.63) is 35.4 Å². The fourth-order valence-corrected chi connectivity index (χ4v) is 3.91. The smallest absolute Gasteiger partial charge is 0.191 e. The number of sulfone groups is 1. The van der Waals surface area contributed by atoms with Gasteiger partial charge in [0.25, 0.3) is 0 Å². The van der Waals surface area contributed by atoms with Gasteiger partial charge in [0, 0.05) is 32.7 Å². The van der Waals surface area contributed by atoms with Gasteiger partial charge in [0.15, 0.2) is 15.8 Å². The van der Waals surface area contributed by atoms with Crippen LogP contribution in [0.5, 0.6) is 0 Å². The Morgan fingerprint density at radius 3 is 2.60 bits per heavy atom. The Labute approximate surface area is 168 Å². The van der Waals surface area contributed by atoms with Crippen molar-refractivity contribution in [3.8, 4) is 0 Å². The number of nitrogens with one attached hydrogen (secondary N) is 2. The highest BCUT2D eigenvalue weighted by molar-refractivity contribution is 14.0. The van der Waals surface area contributed by atoms with E-state index in [1.54, 1.807) is 0 Å². The normalized spacial score (nSPS) is 17.6. The van der Waals surface area contributed by atoms with Gasteiger partial charge >= 0.3 is 0 Å². The number of aryl methyl sites for hydroxylation is 1. The predicted octanol–water partition coefficient (Wildman–Crippen LogP) is 1.40.